The first-order valence-electron chi connectivity index (χ1n) is 18.8. The van der Waals surface area contributed by atoms with Gasteiger partial charge in [-0.15, -0.1) is 0 Å². The van der Waals surface area contributed by atoms with Gasteiger partial charge in [-0.3, -0.25) is 4.79 Å². The monoisotopic (exact) mass is 734 g/mol. The molecule has 0 aromatic carbocycles. The lowest BCUT2D eigenvalue weighted by molar-refractivity contribution is -0.318. The number of methoxy groups -OCH3 is 1. The van der Waals surface area contributed by atoms with Crippen molar-refractivity contribution in [3.8, 4) is 0 Å². The van der Waals surface area contributed by atoms with Crippen LogP contribution in [0, 0.1) is 17.8 Å². The van der Waals surface area contributed by atoms with Crippen molar-refractivity contribution < 1.29 is 58.7 Å². The van der Waals surface area contributed by atoms with Crippen LogP contribution in [0.3, 0.4) is 0 Å². The number of esters is 1. The van der Waals surface area contributed by atoms with E-state index < -0.39 is 96.0 Å². The minimum absolute atomic E-state index is 0.132. The third-order valence-electron chi connectivity index (χ3n) is 11.7. The summed E-state index contributed by atoms with van der Waals surface area (Å²) in [7, 11) is 5.27. The molecule has 14 heteroatoms. The standard InChI is InChI=1S/C37H70N2O12/c1-14-26-37(10,45)30(41)23(6)38-18-19(2)16-35(8,44)32(51-34-28(40)25(39(11)12)15-20(3)47-34)21(4)29(22(5)33(43)49-26)50-27-17-36(9,46-13)31(42)24(7)48-27/h19-32,34,38,40-42,44-45H,14-18H2,1-13H3/t19-,20?,21?,22-,23?,24?,25?,26?,27?,28-,29?,30-,31?,32-,34?,35-,36?,37-/m1/s1. The normalized spacial score (nSPS) is 49.9. The van der Waals surface area contributed by atoms with E-state index in [1.54, 1.807) is 41.5 Å². The minimum atomic E-state index is -1.80. The van der Waals surface area contributed by atoms with Crippen molar-refractivity contribution >= 4 is 5.97 Å². The largest absolute Gasteiger partial charge is 0.459 e. The van der Waals surface area contributed by atoms with E-state index in [9.17, 15) is 30.3 Å². The molecule has 3 heterocycles. The summed E-state index contributed by atoms with van der Waals surface area (Å²) < 4.78 is 37.4. The number of aliphatic hydroxyl groups is 5. The molecule has 3 fully saturated rings. The van der Waals surface area contributed by atoms with Crippen LogP contribution in [0.1, 0.15) is 94.9 Å². The summed E-state index contributed by atoms with van der Waals surface area (Å²) in [4.78, 5) is 16.1. The third kappa shape index (κ3) is 10.2. The smallest absolute Gasteiger partial charge is 0.311 e. The number of ether oxygens (including phenoxy) is 6. The molecule has 300 valence electrons. The number of likely N-dealkylation sites (N-methyl/N-ethyl adjacent to an activating group) is 1. The predicted molar refractivity (Wildman–Crippen MR) is 190 cm³/mol. The van der Waals surface area contributed by atoms with Gasteiger partial charge in [0, 0.05) is 31.5 Å². The number of nitrogens with zero attached hydrogens (tertiary/aromatic N) is 1. The molecule has 14 nitrogen and oxygen atoms in total. The van der Waals surface area contributed by atoms with Crippen LogP contribution in [0.15, 0.2) is 0 Å². The van der Waals surface area contributed by atoms with E-state index in [0.29, 0.717) is 13.0 Å². The van der Waals surface area contributed by atoms with Gasteiger partial charge in [0.05, 0.1) is 41.5 Å². The van der Waals surface area contributed by atoms with Gasteiger partial charge < -0.3 is 64.2 Å². The van der Waals surface area contributed by atoms with Crippen LogP contribution >= 0.6 is 0 Å². The second-order valence-electron chi connectivity index (χ2n) is 16.7. The van der Waals surface area contributed by atoms with E-state index >= 15 is 0 Å². The Bertz CT molecular complexity index is 1110. The van der Waals surface area contributed by atoms with Gasteiger partial charge in [-0.2, -0.15) is 0 Å². The highest BCUT2D eigenvalue weighted by atomic mass is 16.7. The number of rotatable bonds is 7. The fourth-order valence-electron chi connectivity index (χ4n) is 8.36. The van der Waals surface area contributed by atoms with Gasteiger partial charge in [-0.1, -0.05) is 20.8 Å². The van der Waals surface area contributed by atoms with Gasteiger partial charge in [0.2, 0.25) is 0 Å². The quantitative estimate of drug-likeness (QED) is 0.207. The Morgan fingerprint density at radius 3 is 2.14 bits per heavy atom. The molecular weight excluding hydrogens is 664 g/mol. The summed E-state index contributed by atoms with van der Waals surface area (Å²) in [6.45, 7) is 17.8. The van der Waals surface area contributed by atoms with Crippen LogP contribution in [-0.4, -0.2) is 154 Å². The van der Waals surface area contributed by atoms with E-state index in [1.165, 1.54) is 14.0 Å². The zero-order valence-corrected chi connectivity index (χ0v) is 33.2. The first kappa shape index (κ1) is 44.4. The molecule has 3 saturated heterocycles. The third-order valence-corrected chi connectivity index (χ3v) is 11.7. The van der Waals surface area contributed by atoms with Gasteiger partial charge in [0.1, 0.15) is 30.0 Å². The number of carbonyl (C=O) groups excluding carboxylic acids is 1. The molecule has 51 heavy (non-hydrogen) atoms. The Morgan fingerprint density at radius 1 is 0.941 bits per heavy atom. The Morgan fingerprint density at radius 2 is 1.57 bits per heavy atom. The molecule has 0 aliphatic carbocycles. The average molecular weight is 735 g/mol. The summed E-state index contributed by atoms with van der Waals surface area (Å²) in [5.41, 5.74) is -4.37. The van der Waals surface area contributed by atoms with Gasteiger partial charge in [-0.05, 0) is 94.3 Å². The van der Waals surface area contributed by atoms with Crippen LogP contribution in [0.4, 0.5) is 0 Å². The molecule has 0 radical (unpaired) electrons. The Balaban J connectivity index is 2.15. The maximum absolute atomic E-state index is 14.1. The van der Waals surface area contributed by atoms with Crippen molar-refractivity contribution in [2.45, 2.75) is 185 Å². The maximum Gasteiger partial charge on any atom is 0.311 e. The number of nitrogens with one attached hydrogen (secondary N) is 1. The van der Waals surface area contributed by atoms with E-state index in [1.807, 2.05) is 39.8 Å². The topological polar surface area (TPSA) is 189 Å². The summed E-state index contributed by atoms with van der Waals surface area (Å²) >= 11 is 0. The van der Waals surface area contributed by atoms with Gasteiger partial charge in [-0.25, -0.2) is 0 Å². The molecule has 0 saturated carbocycles. The molecule has 3 aliphatic heterocycles. The second kappa shape index (κ2) is 17.6. The second-order valence-corrected chi connectivity index (χ2v) is 16.7. The molecule has 0 amide bonds. The van der Waals surface area contributed by atoms with Gasteiger partial charge in [0.15, 0.2) is 12.6 Å². The lowest BCUT2D eigenvalue weighted by atomic mass is 9.77. The number of hydrogen-bond acceptors (Lipinski definition) is 14. The maximum atomic E-state index is 14.1. The number of cyclic esters (lactones) is 1. The van der Waals surface area contributed by atoms with Crippen molar-refractivity contribution in [1.29, 1.82) is 0 Å². The van der Waals surface area contributed by atoms with E-state index in [4.69, 9.17) is 28.4 Å². The van der Waals surface area contributed by atoms with Crippen LogP contribution in [0.25, 0.3) is 0 Å². The highest BCUT2D eigenvalue weighted by Gasteiger charge is 2.52. The highest BCUT2D eigenvalue weighted by Crippen LogP contribution is 2.40. The molecule has 0 aromatic rings. The molecule has 0 aromatic heterocycles. The molecule has 18 atom stereocenters. The van der Waals surface area contributed by atoms with Crippen LogP contribution in [0.2, 0.25) is 0 Å². The minimum Gasteiger partial charge on any atom is -0.459 e. The van der Waals surface area contributed by atoms with Gasteiger partial charge in [0.25, 0.3) is 0 Å². The van der Waals surface area contributed by atoms with Crippen LogP contribution in [-0.2, 0) is 33.2 Å². The lowest BCUT2D eigenvalue weighted by Gasteiger charge is -2.48. The fourth-order valence-corrected chi connectivity index (χ4v) is 8.36. The van der Waals surface area contributed by atoms with E-state index in [0.717, 1.165) is 0 Å². The predicted octanol–water partition coefficient (Wildman–Crippen LogP) is 1.56. The average Bonchev–Trinajstić information content (AvgIpc) is 3.05. The first-order chi connectivity index (χ1) is 23.5. The zero-order valence-electron chi connectivity index (χ0n) is 33.2. The van der Waals surface area contributed by atoms with Gasteiger partial charge >= 0.3 is 5.97 Å². The van der Waals surface area contributed by atoms with Crippen molar-refractivity contribution in [2.24, 2.45) is 17.8 Å². The summed E-state index contributed by atoms with van der Waals surface area (Å²) in [6, 6.07) is -0.858. The zero-order chi connectivity index (χ0) is 38.8. The van der Waals surface area contributed by atoms with Crippen molar-refractivity contribution in [1.82, 2.24) is 10.2 Å². The molecule has 0 spiro atoms. The first-order valence-corrected chi connectivity index (χ1v) is 18.8. The molecule has 6 N–H and O–H groups in total. The molecular formula is C37H70N2O12. The molecule has 3 rings (SSSR count). The number of carbonyl (C=O) groups is 1. The Labute approximate surface area is 305 Å². The number of aliphatic hydroxyl groups excluding tert-OH is 3. The Hall–Kier alpha value is -1.01. The molecule has 0 bridgehead atoms. The summed E-state index contributed by atoms with van der Waals surface area (Å²) in [5, 5.41) is 60.9. The fraction of sp³-hybridized carbons (Fsp3) is 0.973. The summed E-state index contributed by atoms with van der Waals surface area (Å²) in [6.07, 6.45) is -8.22. The number of hydrogen-bond donors (Lipinski definition) is 6. The van der Waals surface area contributed by atoms with Crippen molar-refractivity contribution in [3.63, 3.8) is 0 Å². The summed E-state index contributed by atoms with van der Waals surface area (Å²) in [5.74, 6) is -2.60. The van der Waals surface area contributed by atoms with E-state index in [-0.39, 0.29) is 37.3 Å². The molecule has 11 unspecified atom stereocenters. The highest BCUT2D eigenvalue weighted by molar-refractivity contribution is 5.73. The van der Waals surface area contributed by atoms with E-state index in [2.05, 4.69) is 5.32 Å². The van der Waals surface area contributed by atoms with Crippen molar-refractivity contribution in [2.75, 3.05) is 27.7 Å². The SMILES string of the molecule is CCC1OC(=O)[C@H](C)C(OC2CC(C)(OC)C(O)C(C)O2)C(C)[C@@H](OC2OC(C)CC(N(C)C)[C@H]2O)[C@](C)(O)C[C@@H](C)CNC(C)[C@@H](O)[C@]1(C)O. The Kier molecular flexibility index (Phi) is 15.3. The van der Waals surface area contributed by atoms with Crippen molar-refractivity contribution in [3.05, 3.63) is 0 Å². The van der Waals surface area contributed by atoms with Crippen LogP contribution < -0.4 is 5.32 Å². The molecule has 3 aliphatic rings. The van der Waals surface area contributed by atoms with Crippen LogP contribution in [0.5, 0.6) is 0 Å². The lowest BCUT2D eigenvalue weighted by Crippen LogP contribution is -2.60.